The molecule has 1 fully saturated rings. The van der Waals surface area contributed by atoms with E-state index in [1.54, 1.807) is 38.4 Å². The molecule has 1 aliphatic rings. The van der Waals surface area contributed by atoms with Crippen LogP contribution in [0.15, 0.2) is 54.6 Å². The van der Waals surface area contributed by atoms with Gasteiger partial charge in [-0.2, -0.15) is 0 Å². The van der Waals surface area contributed by atoms with Crippen LogP contribution < -0.4 is 10.1 Å². The lowest BCUT2D eigenvalue weighted by atomic mass is 9.78. The zero-order valence-corrected chi connectivity index (χ0v) is 18.8. The number of piperidine rings is 1. The molecule has 0 atom stereocenters. The van der Waals surface area contributed by atoms with Gasteiger partial charge in [-0.05, 0) is 30.5 Å². The van der Waals surface area contributed by atoms with Gasteiger partial charge in [-0.3, -0.25) is 4.79 Å². The third-order valence-corrected chi connectivity index (χ3v) is 5.62. The number of carbonyl (C=O) groups is 3. The minimum atomic E-state index is -0.996. The number of rotatable bonds is 7. The lowest BCUT2D eigenvalue weighted by Gasteiger charge is -2.39. The van der Waals surface area contributed by atoms with Gasteiger partial charge < -0.3 is 29.7 Å². The normalized spacial score (nSPS) is 14.9. The zero-order chi connectivity index (χ0) is 23.8. The number of nitrogens with zero attached hydrogens (tertiary/aromatic N) is 2. The van der Waals surface area contributed by atoms with Crippen molar-refractivity contribution < 1.29 is 29.0 Å². The summed E-state index contributed by atoms with van der Waals surface area (Å²) < 4.78 is 11.2. The number of amides is 3. The Bertz CT molecular complexity index is 971. The van der Waals surface area contributed by atoms with Crippen molar-refractivity contribution in [2.75, 3.05) is 39.1 Å². The number of benzene rings is 2. The van der Waals surface area contributed by atoms with Crippen LogP contribution in [0.2, 0.25) is 0 Å². The molecule has 1 aliphatic heterocycles. The number of nitrogens with one attached hydrogen (secondary N) is 1. The summed E-state index contributed by atoms with van der Waals surface area (Å²) >= 11 is 0. The molecule has 0 aliphatic carbocycles. The first-order valence-electron chi connectivity index (χ1n) is 10.7. The fourth-order valence-electron chi connectivity index (χ4n) is 3.59. The molecule has 9 nitrogen and oxygen atoms in total. The molecule has 0 radical (unpaired) electrons. The van der Waals surface area contributed by atoms with Gasteiger partial charge >= 0.3 is 12.2 Å². The zero-order valence-electron chi connectivity index (χ0n) is 18.8. The van der Waals surface area contributed by atoms with Crippen LogP contribution in [0, 0.1) is 5.41 Å². The fourth-order valence-corrected chi connectivity index (χ4v) is 3.59. The summed E-state index contributed by atoms with van der Waals surface area (Å²) in [6.45, 7) is 1.01. The summed E-state index contributed by atoms with van der Waals surface area (Å²) in [5, 5.41) is 12.2. The van der Waals surface area contributed by atoms with E-state index in [1.165, 1.54) is 9.80 Å². The number of hydrogen-bond acceptors (Lipinski definition) is 5. The van der Waals surface area contributed by atoms with Gasteiger partial charge in [0.15, 0.2) is 0 Å². The van der Waals surface area contributed by atoms with Crippen LogP contribution in [0.1, 0.15) is 18.4 Å². The first-order valence-corrected chi connectivity index (χ1v) is 10.7. The van der Waals surface area contributed by atoms with Gasteiger partial charge in [0.2, 0.25) is 5.91 Å². The Labute approximate surface area is 192 Å². The smallest absolute Gasteiger partial charge is 0.414 e. The lowest BCUT2D eigenvalue weighted by molar-refractivity contribution is -0.133. The maximum Gasteiger partial charge on any atom is 0.414 e. The number of hydrogen-bond donors (Lipinski definition) is 2. The van der Waals surface area contributed by atoms with Crippen LogP contribution in [0.5, 0.6) is 5.75 Å². The SMILES string of the molecule is CN(C)C(=O)Oc1cccc(NC(=O)C2(COCc3ccccc3)CCN(C(=O)O)CC2)c1. The topological polar surface area (TPSA) is 108 Å². The highest BCUT2D eigenvalue weighted by Gasteiger charge is 2.42. The van der Waals surface area contributed by atoms with Crippen molar-refractivity contribution in [1.29, 1.82) is 0 Å². The van der Waals surface area contributed by atoms with Crippen LogP contribution >= 0.6 is 0 Å². The molecule has 3 amide bonds. The monoisotopic (exact) mass is 455 g/mol. The highest BCUT2D eigenvalue weighted by molar-refractivity contribution is 5.96. The number of likely N-dealkylation sites (tertiary alicyclic amines) is 1. The first kappa shape index (κ1) is 24.1. The molecule has 2 aromatic carbocycles. The Morgan fingerprint density at radius 2 is 1.76 bits per heavy atom. The fraction of sp³-hybridized carbons (Fsp3) is 0.375. The summed E-state index contributed by atoms with van der Waals surface area (Å²) in [4.78, 5) is 39.2. The number of carbonyl (C=O) groups excluding carboxylic acids is 2. The van der Waals surface area contributed by atoms with E-state index in [1.807, 2.05) is 30.3 Å². The summed E-state index contributed by atoms with van der Waals surface area (Å²) in [6.07, 6.45) is -0.834. The molecular weight excluding hydrogens is 426 g/mol. The van der Waals surface area contributed by atoms with Gasteiger partial charge in [0, 0.05) is 38.9 Å². The largest absolute Gasteiger partial charge is 0.465 e. The second-order valence-corrected chi connectivity index (χ2v) is 8.27. The molecule has 0 saturated carbocycles. The third kappa shape index (κ3) is 6.45. The molecule has 2 aromatic rings. The summed E-state index contributed by atoms with van der Waals surface area (Å²) in [6, 6.07) is 16.2. The van der Waals surface area contributed by atoms with Crippen molar-refractivity contribution in [2.24, 2.45) is 5.41 Å². The Morgan fingerprint density at radius 3 is 2.39 bits per heavy atom. The van der Waals surface area contributed by atoms with Crippen LogP contribution in [0.3, 0.4) is 0 Å². The van der Waals surface area contributed by atoms with Crippen molar-refractivity contribution in [3.63, 3.8) is 0 Å². The third-order valence-electron chi connectivity index (χ3n) is 5.62. The molecule has 3 rings (SSSR count). The van der Waals surface area contributed by atoms with Crippen molar-refractivity contribution in [1.82, 2.24) is 9.80 Å². The number of ether oxygens (including phenoxy) is 2. The van der Waals surface area contributed by atoms with Gasteiger partial charge in [-0.15, -0.1) is 0 Å². The quantitative estimate of drug-likeness (QED) is 0.660. The van der Waals surface area contributed by atoms with E-state index in [0.717, 1.165) is 5.56 Å². The number of anilines is 1. The molecule has 0 unspecified atom stereocenters. The van der Waals surface area contributed by atoms with Gasteiger partial charge in [0.05, 0.1) is 18.6 Å². The lowest BCUT2D eigenvalue weighted by Crippen LogP contribution is -2.50. The summed E-state index contributed by atoms with van der Waals surface area (Å²) in [5.41, 5.74) is 0.593. The summed E-state index contributed by atoms with van der Waals surface area (Å²) in [7, 11) is 3.16. The van der Waals surface area contributed by atoms with Crippen LogP contribution in [-0.4, -0.2) is 66.8 Å². The van der Waals surface area contributed by atoms with Crippen LogP contribution in [0.4, 0.5) is 15.3 Å². The van der Waals surface area contributed by atoms with Crippen molar-refractivity contribution in [2.45, 2.75) is 19.4 Å². The Kier molecular flexibility index (Phi) is 7.89. The molecule has 0 bridgehead atoms. The van der Waals surface area contributed by atoms with E-state index in [0.29, 0.717) is 30.9 Å². The molecule has 9 heteroatoms. The Morgan fingerprint density at radius 1 is 1.06 bits per heavy atom. The van der Waals surface area contributed by atoms with Crippen molar-refractivity contribution in [3.8, 4) is 5.75 Å². The molecule has 1 saturated heterocycles. The van der Waals surface area contributed by atoms with E-state index >= 15 is 0 Å². The van der Waals surface area contributed by atoms with E-state index < -0.39 is 17.6 Å². The molecule has 2 N–H and O–H groups in total. The highest BCUT2D eigenvalue weighted by Crippen LogP contribution is 2.34. The van der Waals surface area contributed by atoms with Gasteiger partial charge in [-0.25, -0.2) is 9.59 Å². The predicted molar refractivity (Wildman–Crippen MR) is 122 cm³/mol. The van der Waals surface area contributed by atoms with Crippen molar-refractivity contribution >= 4 is 23.8 Å². The first-order chi connectivity index (χ1) is 15.8. The molecule has 0 aromatic heterocycles. The van der Waals surface area contributed by atoms with E-state index in [9.17, 15) is 19.5 Å². The predicted octanol–water partition coefficient (Wildman–Crippen LogP) is 3.66. The van der Waals surface area contributed by atoms with Gasteiger partial charge in [-0.1, -0.05) is 36.4 Å². The average Bonchev–Trinajstić information content (AvgIpc) is 2.80. The second kappa shape index (κ2) is 10.8. The Hall–Kier alpha value is -3.59. The van der Waals surface area contributed by atoms with E-state index in [4.69, 9.17) is 9.47 Å². The highest BCUT2D eigenvalue weighted by atomic mass is 16.6. The summed E-state index contributed by atoms with van der Waals surface area (Å²) in [5.74, 6) is 0.0539. The molecular formula is C24H29N3O6. The maximum atomic E-state index is 13.4. The minimum Gasteiger partial charge on any atom is -0.465 e. The Balaban J connectivity index is 1.71. The maximum absolute atomic E-state index is 13.4. The second-order valence-electron chi connectivity index (χ2n) is 8.27. The van der Waals surface area contributed by atoms with Crippen molar-refractivity contribution in [3.05, 3.63) is 60.2 Å². The number of carboxylic acid groups (broad SMARTS) is 1. The van der Waals surface area contributed by atoms with E-state index in [2.05, 4.69) is 5.32 Å². The minimum absolute atomic E-state index is 0.163. The average molecular weight is 456 g/mol. The molecule has 176 valence electrons. The molecule has 1 heterocycles. The molecule has 0 spiro atoms. The van der Waals surface area contributed by atoms with Gasteiger partial charge in [0.25, 0.3) is 0 Å². The van der Waals surface area contributed by atoms with Crippen LogP contribution in [0.25, 0.3) is 0 Å². The van der Waals surface area contributed by atoms with E-state index in [-0.39, 0.29) is 25.6 Å². The standard InChI is InChI=1S/C24H29N3O6/c1-26(2)23(31)33-20-10-6-9-19(15-20)25-21(28)24(11-13-27(14-12-24)22(29)30)17-32-16-18-7-4-3-5-8-18/h3-10,15H,11-14,16-17H2,1-2H3,(H,25,28)(H,29,30). The van der Waals surface area contributed by atoms with Gasteiger partial charge in [0.1, 0.15) is 5.75 Å². The van der Waals surface area contributed by atoms with Crippen LogP contribution in [-0.2, 0) is 16.1 Å². The molecule has 33 heavy (non-hydrogen) atoms.